The first-order valence-electron chi connectivity index (χ1n) is 6.50. The average molecular weight is 310 g/mol. The fourth-order valence-corrected chi connectivity index (χ4v) is 3.09. The number of halogens is 3. The highest BCUT2D eigenvalue weighted by Gasteiger charge is 2.39. The summed E-state index contributed by atoms with van der Waals surface area (Å²) in [6, 6.07) is 12.4. The fourth-order valence-electron chi connectivity index (χ4n) is 2.72. The Kier molecular flexibility index (Phi) is 3.72. The van der Waals surface area contributed by atoms with Crippen LogP contribution in [-0.4, -0.2) is 13.1 Å². The number of hydrogen-bond donors (Lipinski definition) is 1. The van der Waals surface area contributed by atoms with Gasteiger partial charge in [-0.25, -0.2) is 4.39 Å². The van der Waals surface area contributed by atoms with Gasteiger partial charge in [-0.05, 0) is 47.9 Å². The lowest BCUT2D eigenvalue weighted by Crippen LogP contribution is -2.58. The van der Waals surface area contributed by atoms with E-state index in [4.69, 9.17) is 23.2 Å². The Morgan fingerprint density at radius 3 is 2.55 bits per heavy atom. The van der Waals surface area contributed by atoms with Crippen molar-refractivity contribution in [3.8, 4) is 0 Å². The van der Waals surface area contributed by atoms with Gasteiger partial charge < -0.3 is 5.32 Å². The average Bonchev–Trinajstić information content (AvgIpc) is 2.38. The highest BCUT2D eigenvalue weighted by atomic mass is 35.5. The van der Waals surface area contributed by atoms with E-state index < -0.39 is 0 Å². The van der Waals surface area contributed by atoms with Gasteiger partial charge in [0.25, 0.3) is 0 Å². The molecular formula is C16H14Cl2FN. The monoisotopic (exact) mass is 309 g/mol. The van der Waals surface area contributed by atoms with E-state index in [0.29, 0.717) is 11.4 Å². The van der Waals surface area contributed by atoms with Crippen LogP contribution in [0.15, 0.2) is 42.5 Å². The van der Waals surface area contributed by atoms with Crippen molar-refractivity contribution >= 4 is 23.2 Å². The fraction of sp³-hybridized carbons (Fsp3) is 0.250. The van der Waals surface area contributed by atoms with Crippen molar-refractivity contribution in [2.24, 2.45) is 0 Å². The molecule has 104 valence electrons. The highest BCUT2D eigenvalue weighted by molar-refractivity contribution is 6.31. The Balaban J connectivity index is 1.96. The zero-order valence-electron chi connectivity index (χ0n) is 10.8. The smallest absolute Gasteiger partial charge is 0.123 e. The molecule has 3 rings (SSSR count). The summed E-state index contributed by atoms with van der Waals surface area (Å²) < 4.78 is 13.4. The first-order valence-corrected chi connectivity index (χ1v) is 7.25. The minimum atomic E-state index is -0.252. The molecule has 0 bridgehead atoms. The molecule has 20 heavy (non-hydrogen) atoms. The van der Waals surface area contributed by atoms with Gasteiger partial charge in [-0.3, -0.25) is 0 Å². The molecule has 0 aliphatic carbocycles. The minimum Gasteiger partial charge on any atom is -0.315 e. The Morgan fingerprint density at radius 2 is 1.90 bits per heavy atom. The second-order valence-corrected chi connectivity index (χ2v) is 6.15. The molecule has 4 heteroatoms. The Bertz CT molecular complexity index is 638. The molecule has 0 aromatic heterocycles. The maximum atomic E-state index is 13.4. The summed E-state index contributed by atoms with van der Waals surface area (Å²) in [6.07, 6.45) is 0.705. The van der Waals surface area contributed by atoms with E-state index in [1.807, 2.05) is 18.2 Å². The molecule has 1 fully saturated rings. The molecule has 0 atom stereocenters. The predicted octanol–water partition coefficient (Wildman–Crippen LogP) is 4.22. The summed E-state index contributed by atoms with van der Waals surface area (Å²) in [4.78, 5) is 0. The van der Waals surface area contributed by atoms with Gasteiger partial charge in [0.1, 0.15) is 5.82 Å². The van der Waals surface area contributed by atoms with Gasteiger partial charge in [-0.15, -0.1) is 0 Å². The quantitative estimate of drug-likeness (QED) is 0.895. The van der Waals surface area contributed by atoms with Crippen molar-refractivity contribution in [2.45, 2.75) is 11.8 Å². The lowest BCUT2D eigenvalue weighted by Gasteiger charge is -2.43. The van der Waals surface area contributed by atoms with Gasteiger partial charge in [0, 0.05) is 28.5 Å². The zero-order chi connectivity index (χ0) is 14.2. The normalized spacial score (nSPS) is 16.8. The SMILES string of the molecule is Fc1ccc(Cl)c(CC2(c3cccc(Cl)c3)CNC2)c1. The Labute approximate surface area is 127 Å². The Morgan fingerprint density at radius 1 is 1.10 bits per heavy atom. The maximum absolute atomic E-state index is 13.4. The summed E-state index contributed by atoms with van der Waals surface area (Å²) in [5, 5.41) is 4.63. The number of hydrogen-bond acceptors (Lipinski definition) is 1. The second kappa shape index (κ2) is 5.36. The summed E-state index contributed by atoms with van der Waals surface area (Å²) in [7, 11) is 0. The summed E-state index contributed by atoms with van der Waals surface area (Å²) in [5.41, 5.74) is 1.96. The summed E-state index contributed by atoms with van der Waals surface area (Å²) in [6.45, 7) is 1.69. The number of benzene rings is 2. The third-order valence-corrected chi connectivity index (χ3v) is 4.50. The van der Waals surface area contributed by atoms with Crippen molar-refractivity contribution in [1.82, 2.24) is 5.32 Å². The zero-order valence-corrected chi connectivity index (χ0v) is 12.3. The van der Waals surface area contributed by atoms with Crippen LogP contribution in [0.3, 0.4) is 0 Å². The molecule has 0 unspecified atom stereocenters. The third kappa shape index (κ3) is 2.56. The van der Waals surface area contributed by atoms with E-state index in [1.54, 1.807) is 6.07 Å². The van der Waals surface area contributed by atoms with E-state index in [1.165, 1.54) is 17.7 Å². The van der Waals surface area contributed by atoms with Crippen LogP contribution in [0.4, 0.5) is 4.39 Å². The minimum absolute atomic E-state index is 0.0532. The van der Waals surface area contributed by atoms with Gasteiger partial charge >= 0.3 is 0 Å². The lowest BCUT2D eigenvalue weighted by molar-refractivity contribution is 0.274. The molecule has 0 radical (unpaired) electrons. The van der Waals surface area contributed by atoms with E-state index in [-0.39, 0.29) is 11.2 Å². The van der Waals surface area contributed by atoms with Crippen LogP contribution in [0.25, 0.3) is 0 Å². The van der Waals surface area contributed by atoms with Crippen molar-refractivity contribution < 1.29 is 4.39 Å². The second-order valence-electron chi connectivity index (χ2n) is 5.31. The van der Waals surface area contributed by atoms with Gasteiger partial charge in [0.2, 0.25) is 0 Å². The largest absolute Gasteiger partial charge is 0.315 e. The molecule has 1 N–H and O–H groups in total. The van der Waals surface area contributed by atoms with Gasteiger partial charge in [-0.2, -0.15) is 0 Å². The molecule has 1 aliphatic heterocycles. The van der Waals surface area contributed by atoms with E-state index in [0.717, 1.165) is 23.7 Å². The first kappa shape index (κ1) is 13.9. The molecule has 0 saturated carbocycles. The van der Waals surface area contributed by atoms with Crippen LogP contribution >= 0.6 is 23.2 Å². The van der Waals surface area contributed by atoms with Crippen LogP contribution < -0.4 is 5.32 Å². The molecule has 1 nitrogen and oxygen atoms in total. The molecule has 2 aromatic rings. The molecule has 0 spiro atoms. The van der Waals surface area contributed by atoms with Gasteiger partial charge in [0.05, 0.1) is 0 Å². The summed E-state index contributed by atoms with van der Waals surface area (Å²) >= 11 is 12.3. The van der Waals surface area contributed by atoms with E-state index in [2.05, 4.69) is 11.4 Å². The summed E-state index contributed by atoms with van der Waals surface area (Å²) in [5.74, 6) is -0.252. The molecular weight excluding hydrogens is 296 g/mol. The van der Waals surface area contributed by atoms with E-state index in [9.17, 15) is 4.39 Å². The standard InChI is InChI=1S/C16H14Cl2FN/c17-13-3-1-2-12(7-13)16(9-20-10-16)8-11-6-14(19)4-5-15(11)18/h1-7,20H,8-10H2. The topological polar surface area (TPSA) is 12.0 Å². The maximum Gasteiger partial charge on any atom is 0.123 e. The highest BCUT2D eigenvalue weighted by Crippen LogP contribution is 2.35. The molecule has 1 heterocycles. The molecule has 2 aromatic carbocycles. The van der Waals surface area contributed by atoms with Crippen LogP contribution in [0.1, 0.15) is 11.1 Å². The van der Waals surface area contributed by atoms with Crippen LogP contribution in [0.5, 0.6) is 0 Å². The van der Waals surface area contributed by atoms with E-state index >= 15 is 0 Å². The number of rotatable bonds is 3. The predicted molar refractivity (Wildman–Crippen MR) is 81.1 cm³/mol. The lowest BCUT2D eigenvalue weighted by atomic mass is 9.71. The van der Waals surface area contributed by atoms with Crippen molar-refractivity contribution in [3.05, 3.63) is 69.5 Å². The molecule has 1 aliphatic rings. The molecule has 1 saturated heterocycles. The third-order valence-electron chi connectivity index (χ3n) is 3.90. The Hall–Kier alpha value is -1.09. The van der Waals surface area contributed by atoms with Crippen molar-refractivity contribution in [3.63, 3.8) is 0 Å². The van der Waals surface area contributed by atoms with Crippen LogP contribution in [0, 0.1) is 5.82 Å². The number of nitrogens with one attached hydrogen (secondary N) is 1. The van der Waals surface area contributed by atoms with Gasteiger partial charge in [0.15, 0.2) is 0 Å². The van der Waals surface area contributed by atoms with Crippen molar-refractivity contribution in [2.75, 3.05) is 13.1 Å². The van der Waals surface area contributed by atoms with Crippen LogP contribution in [0.2, 0.25) is 10.0 Å². The first-order chi connectivity index (χ1) is 9.59. The van der Waals surface area contributed by atoms with Gasteiger partial charge in [-0.1, -0.05) is 35.3 Å². The molecule has 0 amide bonds. The van der Waals surface area contributed by atoms with Crippen LogP contribution in [-0.2, 0) is 11.8 Å². The van der Waals surface area contributed by atoms with Crippen molar-refractivity contribution in [1.29, 1.82) is 0 Å².